The van der Waals surface area contributed by atoms with Gasteiger partial charge in [0.05, 0.1) is 42.7 Å². The monoisotopic (exact) mass is 868 g/mol. The Morgan fingerprint density at radius 1 is 0.710 bits per heavy atom. The number of ether oxygens (including phenoxy) is 2. The zero-order valence-corrected chi connectivity index (χ0v) is 40.7. The molecule has 0 spiro atoms. The summed E-state index contributed by atoms with van der Waals surface area (Å²) in [7, 11) is 10.1. The Morgan fingerprint density at radius 2 is 1.29 bits per heavy atom. The molecular formula is C48H81N7O7. The van der Waals surface area contributed by atoms with Gasteiger partial charge in [-0.25, -0.2) is 0 Å². The molecule has 14 heteroatoms. The zero-order chi connectivity index (χ0) is 47.4. The van der Waals surface area contributed by atoms with Crippen molar-refractivity contribution in [1.82, 2.24) is 25.3 Å². The van der Waals surface area contributed by atoms with E-state index in [0.29, 0.717) is 24.2 Å². The van der Waals surface area contributed by atoms with Crippen LogP contribution < -0.4 is 21.7 Å². The number of methoxy groups -OCH3 is 2. The number of benzene rings is 2. The number of nitrogens with one attached hydrogen (secondary N) is 3. The third-order valence-electron chi connectivity index (χ3n) is 11.7. The lowest BCUT2D eigenvalue weighted by Crippen LogP contribution is -2.59. The number of hydrogen-bond acceptors (Lipinski definition) is 9. The molecule has 0 aliphatic rings. The van der Waals surface area contributed by atoms with Crippen molar-refractivity contribution in [3.63, 3.8) is 0 Å². The van der Waals surface area contributed by atoms with Crippen LogP contribution in [-0.2, 0) is 39.9 Å². The molecule has 62 heavy (non-hydrogen) atoms. The number of anilines is 2. The minimum atomic E-state index is -0.912. The topological polar surface area (TPSA) is 176 Å². The number of carbonyl (C=O) groups is 5. The summed E-state index contributed by atoms with van der Waals surface area (Å²) in [5.41, 5.74) is 7.80. The van der Waals surface area contributed by atoms with Gasteiger partial charge in [0.15, 0.2) is 0 Å². The van der Waals surface area contributed by atoms with Crippen molar-refractivity contribution in [2.45, 2.75) is 137 Å². The molecule has 5 amide bonds. The largest absolute Gasteiger partial charge is 0.399 e. The van der Waals surface area contributed by atoms with Crippen molar-refractivity contribution < 1.29 is 33.4 Å². The Hall–Kier alpha value is -4.53. The van der Waals surface area contributed by atoms with Crippen LogP contribution in [0.25, 0.3) is 0 Å². The molecule has 350 valence electrons. The summed E-state index contributed by atoms with van der Waals surface area (Å²) in [5.74, 6) is -2.52. The minimum Gasteiger partial charge on any atom is -0.399 e. The summed E-state index contributed by atoms with van der Waals surface area (Å²) in [5, 5.41) is 8.87. The average molecular weight is 868 g/mol. The van der Waals surface area contributed by atoms with E-state index in [9.17, 15) is 24.0 Å². The van der Waals surface area contributed by atoms with Crippen molar-refractivity contribution in [2.75, 3.05) is 53.5 Å². The summed E-state index contributed by atoms with van der Waals surface area (Å²) in [6.07, 6.45) is -0.0424. The molecule has 5 N–H and O–H groups in total. The molecule has 0 saturated carbocycles. The van der Waals surface area contributed by atoms with E-state index in [0.717, 1.165) is 5.56 Å². The van der Waals surface area contributed by atoms with Crippen LogP contribution in [0.2, 0.25) is 0 Å². The molecule has 0 bridgehead atoms. The fraction of sp³-hybridized carbons (Fsp3) is 0.646. The number of rotatable bonds is 24. The molecule has 0 aliphatic heterocycles. The summed E-state index contributed by atoms with van der Waals surface area (Å²) in [4.78, 5) is 74.8. The lowest BCUT2D eigenvalue weighted by Gasteiger charge is -2.41. The van der Waals surface area contributed by atoms with E-state index in [1.165, 1.54) is 14.2 Å². The second-order valence-corrected chi connectivity index (χ2v) is 17.0. The molecule has 0 aromatic heterocycles. The summed E-state index contributed by atoms with van der Waals surface area (Å²) >= 11 is 0. The fourth-order valence-corrected chi connectivity index (χ4v) is 8.06. The van der Waals surface area contributed by atoms with E-state index in [4.69, 9.17) is 15.2 Å². The Balaban J connectivity index is 0.00000946. The van der Waals surface area contributed by atoms with E-state index in [-0.39, 0.29) is 48.3 Å². The number of nitrogen functional groups attached to an aromatic ring is 1. The lowest BCUT2D eigenvalue weighted by molar-refractivity contribution is -0.148. The van der Waals surface area contributed by atoms with Gasteiger partial charge in [0.2, 0.25) is 29.5 Å². The van der Waals surface area contributed by atoms with Gasteiger partial charge in [-0.3, -0.25) is 28.9 Å². The quantitative estimate of drug-likeness (QED) is 0.0944. The van der Waals surface area contributed by atoms with Gasteiger partial charge in [-0.2, -0.15) is 0 Å². The highest BCUT2D eigenvalue weighted by Gasteiger charge is 2.41. The predicted octanol–water partition coefficient (Wildman–Crippen LogP) is 5.85. The van der Waals surface area contributed by atoms with Crippen LogP contribution in [0.5, 0.6) is 0 Å². The standard InChI is InChI=1S/C46H75N7O7.C2H6/c1-15-30(7)41(53(12)46(58)39(28(3)4)50-45(57)40(29(5)6)51(9)10)37(59-13)27-38(54)52(11)36(16-2)42(60-14)31(8)43(55)49-35(26-32-20-18-17-19-21-32)44(56)48-34-24-22-33(47)23-25-34;1-2/h17-25,28-31,35-37,39-42H,15-16,26-27,47H2,1-14H3,(H,48,56)(H,49,55)(H,50,57);1-2H3/t30?,31?,35-,36?,37?,39-,40?,41?,42?;/m0./s1. The van der Waals surface area contributed by atoms with E-state index >= 15 is 0 Å². The molecule has 9 atom stereocenters. The maximum absolute atomic E-state index is 14.3. The first-order valence-electron chi connectivity index (χ1n) is 22.3. The van der Waals surface area contributed by atoms with Crippen molar-refractivity contribution >= 4 is 40.9 Å². The predicted molar refractivity (Wildman–Crippen MR) is 250 cm³/mol. The van der Waals surface area contributed by atoms with Gasteiger partial charge in [-0.05, 0) is 68.1 Å². The molecular weight excluding hydrogens is 787 g/mol. The number of hydrogen-bond donors (Lipinski definition) is 4. The van der Waals surface area contributed by atoms with Crippen LogP contribution in [0, 0.1) is 23.7 Å². The number of likely N-dealkylation sites (N-methyl/N-ethyl adjacent to an activating group) is 3. The molecule has 0 fully saturated rings. The van der Waals surface area contributed by atoms with Gasteiger partial charge in [0, 0.05) is 46.1 Å². The maximum atomic E-state index is 14.3. The Morgan fingerprint density at radius 3 is 1.76 bits per heavy atom. The van der Waals surface area contributed by atoms with Gasteiger partial charge in [-0.1, -0.05) is 106 Å². The maximum Gasteiger partial charge on any atom is 0.247 e. The summed E-state index contributed by atoms with van der Waals surface area (Å²) in [6, 6.07) is 13.1. The molecule has 2 rings (SSSR count). The van der Waals surface area contributed by atoms with E-state index < -0.39 is 60.1 Å². The molecule has 2 aromatic carbocycles. The second-order valence-electron chi connectivity index (χ2n) is 17.0. The first-order chi connectivity index (χ1) is 29.2. The first kappa shape index (κ1) is 55.5. The summed E-state index contributed by atoms with van der Waals surface area (Å²) < 4.78 is 12.0. The smallest absolute Gasteiger partial charge is 0.247 e. The van der Waals surface area contributed by atoms with E-state index in [1.807, 2.05) is 112 Å². The number of nitrogens with zero attached hydrogens (tertiary/aromatic N) is 3. The SMILES string of the molecule is CC.CCC(C)C(C(CC(=O)N(C)C(CC)C(OC)C(C)C(=O)N[C@@H](Cc1ccccc1)C(=O)Nc1ccc(N)cc1)OC)N(C)C(=O)[C@@H](NC(=O)C(C(C)C)N(C)C)C(C)C. The number of nitrogens with two attached hydrogens (primary N) is 1. The second kappa shape index (κ2) is 27.5. The van der Waals surface area contributed by atoms with Gasteiger partial charge < -0.3 is 41.0 Å². The normalized spacial score (nSPS) is 15.7. The zero-order valence-electron chi connectivity index (χ0n) is 40.7. The van der Waals surface area contributed by atoms with Crippen LogP contribution in [0.4, 0.5) is 11.4 Å². The molecule has 2 aromatic rings. The Bertz CT molecular complexity index is 1650. The number of amides is 5. The highest BCUT2D eigenvalue weighted by molar-refractivity contribution is 5.98. The van der Waals surface area contributed by atoms with E-state index in [2.05, 4.69) is 16.0 Å². The van der Waals surface area contributed by atoms with Crippen molar-refractivity contribution in [3.8, 4) is 0 Å². The van der Waals surface area contributed by atoms with Gasteiger partial charge in [0.1, 0.15) is 12.1 Å². The third kappa shape index (κ3) is 16.0. The molecule has 0 heterocycles. The first-order valence-corrected chi connectivity index (χ1v) is 22.3. The van der Waals surface area contributed by atoms with E-state index in [1.54, 1.807) is 55.1 Å². The van der Waals surface area contributed by atoms with Crippen molar-refractivity contribution in [1.29, 1.82) is 0 Å². The van der Waals surface area contributed by atoms with Gasteiger partial charge >= 0.3 is 0 Å². The van der Waals surface area contributed by atoms with Crippen molar-refractivity contribution in [2.24, 2.45) is 23.7 Å². The highest BCUT2D eigenvalue weighted by Crippen LogP contribution is 2.26. The van der Waals surface area contributed by atoms with Crippen LogP contribution in [0.1, 0.15) is 94.1 Å². The van der Waals surface area contributed by atoms with Crippen LogP contribution >= 0.6 is 0 Å². The average Bonchev–Trinajstić information content (AvgIpc) is 3.24. The fourth-order valence-electron chi connectivity index (χ4n) is 8.06. The molecule has 0 aliphatic carbocycles. The van der Waals surface area contributed by atoms with Crippen LogP contribution in [0.15, 0.2) is 54.6 Å². The summed E-state index contributed by atoms with van der Waals surface area (Å²) in [6.45, 7) is 19.4. The van der Waals surface area contributed by atoms with Crippen LogP contribution in [-0.4, -0.2) is 129 Å². The van der Waals surface area contributed by atoms with Gasteiger partial charge in [-0.15, -0.1) is 0 Å². The lowest BCUT2D eigenvalue weighted by atomic mass is 9.89. The third-order valence-corrected chi connectivity index (χ3v) is 11.7. The van der Waals surface area contributed by atoms with Gasteiger partial charge in [0.25, 0.3) is 0 Å². The molecule has 0 radical (unpaired) electrons. The van der Waals surface area contributed by atoms with Crippen molar-refractivity contribution in [3.05, 3.63) is 60.2 Å². The highest BCUT2D eigenvalue weighted by atomic mass is 16.5. The Labute approximate surface area is 373 Å². The number of carbonyl (C=O) groups excluding carboxylic acids is 5. The Kier molecular flexibility index (Phi) is 24.6. The molecule has 0 saturated heterocycles. The molecule has 7 unspecified atom stereocenters. The molecule has 14 nitrogen and oxygen atoms in total. The van der Waals surface area contributed by atoms with Crippen LogP contribution in [0.3, 0.4) is 0 Å². The minimum absolute atomic E-state index is 0.0282.